The van der Waals surface area contributed by atoms with Gasteiger partial charge in [-0.3, -0.25) is 9.78 Å². The fourth-order valence-electron chi connectivity index (χ4n) is 1.97. The second-order valence-corrected chi connectivity index (χ2v) is 4.65. The number of carbonyl (C=O) groups is 1. The summed E-state index contributed by atoms with van der Waals surface area (Å²) in [6.07, 6.45) is 4.16. The Hall–Kier alpha value is -3.02. The molecule has 1 aromatic carbocycles. The van der Waals surface area contributed by atoms with Gasteiger partial charge in [0.1, 0.15) is 0 Å². The number of aromatic nitrogens is 3. The predicted molar refractivity (Wildman–Crippen MR) is 80.0 cm³/mol. The highest BCUT2D eigenvalue weighted by atomic mass is 16.5. The lowest BCUT2D eigenvalue weighted by Crippen LogP contribution is -2.26. The molecule has 1 N–H and O–H groups in total. The van der Waals surface area contributed by atoms with Crippen LogP contribution in [0.15, 0.2) is 59.4 Å². The third-order valence-corrected chi connectivity index (χ3v) is 3.10. The van der Waals surface area contributed by atoms with Gasteiger partial charge in [0.2, 0.25) is 5.82 Å². The van der Waals surface area contributed by atoms with Crippen LogP contribution in [0, 0.1) is 0 Å². The minimum atomic E-state index is -0.372. The van der Waals surface area contributed by atoms with Crippen molar-refractivity contribution in [3.8, 4) is 11.4 Å². The number of nitrogens with one attached hydrogen (secondary N) is 1. The smallest absolute Gasteiger partial charge is 0.316 e. The van der Waals surface area contributed by atoms with Crippen LogP contribution in [0.1, 0.15) is 16.2 Å². The molecule has 0 atom stereocenters. The first-order chi connectivity index (χ1) is 10.8. The van der Waals surface area contributed by atoms with Gasteiger partial charge in [0.25, 0.3) is 0 Å². The molecule has 0 aliphatic heterocycles. The topological polar surface area (TPSA) is 80.9 Å². The van der Waals surface area contributed by atoms with Crippen molar-refractivity contribution in [3.05, 3.63) is 66.3 Å². The molecule has 2 aromatic heterocycles. The number of carbonyl (C=O) groups excluding carboxylic acids is 1. The second-order valence-electron chi connectivity index (χ2n) is 4.65. The van der Waals surface area contributed by atoms with Gasteiger partial charge in [-0.05, 0) is 24.1 Å². The Kier molecular flexibility index (Phi) is 4.20. The van der Waals surface area contributed by atoms with Crippen LogP contribution >= 0.6 is 0 Å². The number of pyridine rings is 1. The number of amides is 1. The van der Waals surface area contributed by atoms with Crippen molar-refractivity contribution in [2.75, 3.05) is 6.54 Å². The molecule has 3 aromatic rings. The minimum Gasteiger partial charge on any atom is -0.347 e. The molecule has 6 nitrogen and oxygen atoms in total. The van der Waals surface area contributed by atoms with Crippen molar-refractivity contribution in [3.63, 3.8) is 0 Å². The van der Waals surface area contributed by atoms with Gasteiger partial charge >= 0.3 is 11.8 Å². The summed E-state index contributed by atoms with van der Waals surface area (Å²) in [6.45, 7) is 0.492. The van der Waals surface area contributed by atoms with Crippen LogP contribution in [0.5, 0.6) is 0 Å². The first kappa shape index (κ1) is 13.9. The van der Waals surface area contributed by atoms with E-state index in [1.807, 2.05) is 42.5 Å². The molecule has 22 heavy (non-hydrogen) atoms. The number of rotatable bonds is 5. The standard InChI is InChI=1S/C16H14N4O2/c21-15(18-11-8-12-6-9-17-10-7-12)16-19-14(20-22-16)13-4-2-1-3-5-13/h1-7,9-10H,8,11H2,(H,18,21). The van der Waals surface area contributed by atoms with Crippen LogP contribution in [-0.2, 0) is 6.42 Å². The Morgan fingerprint density at radius 1 is 1.09 bits per heavy atom. The molecule has 3 rings (SSSR count). The molecule has 0 radical (unpaired) electrons. The quantitative estimate of drug-likeness (QED) is 0.779. The van der Waals surface area contributed by atoms with Crippen LogP contribution < -0.4 is 5.32 Å². The summed E-state index contributed by atoms with van der Waals surface area (Å²) in [6, 6.07) is 13.2. The normalized spacial score (nSPS) is 10.4. The molecule has 2 heterocycles. The molecule has 6 heteroatoms. The molecule has 0 bridgehead atoms. The van der Waals surface area contributed by atoms with Crippen molar-refractivity contribution >= 4 is 5.91 Å². The average Bonchev–Trinajstić information content (AvgIpc) is 3.07. The van der Waals surface area contributed by atoms with Crippen LogP contribution in [0.2, 0.25) is 0 Å². The van der Waals surface area contributed by atoms with Crippen molar-refractivity contribution in [1.82, 2.24) is 20.4 Å². The van der Waals surface area contributed by atoms with E-state index in [0.29, 0.717) is 18.8 Å². The van der Waals surface area contributed by atoms with E-state index in [-0.39, 0.29) is 11.8 Å². The lowest BCUT2D eigenvalue weighted by molar-refractivity contribution is 0.0910. The Morgan fingerprint density at radius 3 is 2.64 bits per heavy atom. The molecular formula is C16H14N4O2. The van der Waals surface area contributed by atoms with E-state index in [2.05, 4.69) is 20.4 Å². The number of benzene rings is 1. The van der Waals surface area contributed by atoms with E-state index in [9.17, 15) is 4.79 Å². The van der Waals surface area contributed by atoms with E-state index in [1.54, 1.807) is 12.4 Å². The van der Waals surface area contributed by atoms with E-state index in [1.165, 1.54) is 0 Å². The Morgan fingerprint density at radius 2 is 1.86 bits per heavy atom. The fraction of sp³-hybridized carbons (Fsp3) is 0.125. The van der Waals surface area contributed by atoms with Gasteiger partial charge in [0, 0.05) is 24.5 Å². The van der Waals surface area contributed by atoms with Gasteiger partial charge in [-0.15, -0.1) is 0 Å². The van der Waals surface area contributed by atoms with Crippen LogP contribution in [0.4, 0.5) is 0 Å². The van der Waals surface area contributed by atoms with Gasteiger partial charge in [0.05, 0.1) is 0 Å². The highest BCUT2D eigenvalue weighted by Gasteiger charge is 2.15. The zero-order valence-electron chi connectivity index (χ0n) is 11.8. The molecule has 0 spiro atoms. The highest BCUT2D eigenvalue weighted by molar-refractivity contribution is 5.89. The Labute approximate surface area is 127 Å². The van der Waals surface area contributed by atoms with Gasteiger partial charge < -0.3 is 9.84 Å². The molecule has 0 fully saturated rings. The van der Waals surface area contributed by atoms with Crippen molar-refractivity contribution in [2.45, 2.75) is 6.42 Å². The maximum Gasteiger partial charge on any atom is 0.316 e. The molecule has 0 unspecified atom stereocenters. The maximum atomic E-state index is 12.0. The van der Waals surface area contributed by atoms with E-state index in [4.69, 9.17) is 4.52 Å². The maximum absolute atomic E-state index is 12.0. The Bertz CT molecular complexity index is 741. The summed E-state index contributed by atoms with van der Waals surface area (Å²) >= 11 is 0. The highest BCUT2D eigenvalue weighted by Crippen LogP contribution is 2.14. The lowest BCUT2D eigenvalue weighted by Gasteiger charge is -2.01. The van der Waals surface area contributed by atoms with Gasteiger partial charge in [-0.2, -0.15) is 4.98 Å². The first-order valence-corrected chi connectivity index (χ1v) is 6.89. The molecule has 0 aliphatic carbocycles. The summed E-state index contributed by atoms with van der Waals surface area (Å²) in [4.78, 5) is 20.0. The summed E-state index contributed by atoms with van der Waals surface area (Å²) in [5.74, 6) is -0.00259. The largest absolute Gasteiger partial charge is 0.347 e. The van der Waals surface area contributed by atoms with Gasteiger partial charge in [-0.1, -0.05) is 35.5 Å². The van der Waals surface area contributed by atoms with Gasteiger partial charge in [-0.25, -0.2) is 0 Å². The summed E-state index contributed by atoms with van der Waals surface area (Å²) < 4.78 is 5.00. The summed E-state index contributed by atoms with van der Waals surface area (Å²) in [5.41, 5.74) is 1.91. The second kappa shape index (κ2) is 6.62. The molecule has 110 valence electrons. The monoisotopic (exact) mass is 294 g/mol. The number of hydrogen-bond acceptors (Lipinski definition) is 5. The van der Waals surface area contributed by atoms with Crippen LogP contribution in [0.3, 0.4) is 0 Å². The molecule has 0 aliphatic rings. The van der Waals surface area contributed by atoms with E-state index < -0.39 is 0 Å². The zero-order valence-corrected chi connectivity index (χ0v) is 11.8. The van der Waals surface area contributed by atoms with Crippen molar-refractivity contribution in [1.29, 1.82) is 0 Å². The third kappa shape index (κ3) is 3.35. The molecular weight excluding hydrogens is 280 g/mol. The molecule has 1 amide bonds. The fourth-order valence-corrected chi connectivity index (χ4v) is 1.97. The van der Waals surface area contributed by atoms with E-state index >= 15 is 0 Å². The summed E-state index contributed by atoms with van der Waals surface area (Å²) in [5, 5.41) is 6.58. The van der Waals surface area contributed by atoms with Crippen LogP contribution in [-0.4, -0.2) is 27.6 Å². The SMILES string of the molecule is O=C(NCCc1ccncc1)c1nc(-c2ccccc2)no1. The first-order valence-electron chi connectivity index (χ1n) is 6.89. The van der Waals surface area contributed by atoms with Gasteiger partial charge in [0.15, 0.2) is 0 Å². The molecule has 0 saturated carbocycles. The predicted octanol–water partition coefficient (Wildman–Crippen LogP) is 2.10. The molecule has 0 saturated heterocycles. The van der Waals surface area contributed by atoms with Crippen molar-refractivity contribution in [2.24, 2.45) is 0 Å². The number of nitrogens with zero attached hydrogens (tertiary/aromatic N) is 3. The lowest BCUT2D eigenvalue weighted by atomic mass is 10.2. The van der Waals surface area contributed by atoms with E-state index in [0.717, 1.165) is 11.1 Å². The van der Waals surface area contributed by atoms with Crippen LogP contribution in [0.25, 0.3) is 11.4 Å². The van der Waals surface area contributed by atoms with Crippen molar-refractivity contribution < 1.29 is 9.32 Å². The third-order valence-electron chi connectivity index (χ3n) is 3.10. The summed E-state index contributed by atoms with van der Waals surface area (Å²) in [7, 11) is 0. The average molecular weight is 294 g/mol. The minimum absolute atomic E-state index is 0.0337. The number of hydrogen-bond donors (Lipinski definition) is 1. The zero-order chi connectivity index (χ0) is 15.2. The Balaban J connectivity index is 1.58.